The van der Waals surface area contributed by atoms with E-state index < -0.39 is 0 Å². The minimum absolute atomic E-state index is 0.0155. The molecule has 2 aromatic carbocycles. The van der Waals surface area contributed by atoms with Crippen molar-refractivity contribution in [1.82, 2.24) is 15.1 Å². The predicted molar refractivity (Wildman–Crippen MR) is 137 cm³/mol. The van der Waals surface area contributed by atoms with E-state index in [1.807, 2.05) is 49.1 Å². The van der Waals surface area contributed by atoms with Gasteiger partial charge in [-0.15, -0.1) is 0 Å². The van der Waals surface area contributed by atoms with Crippen LogP contribution in [0.3, 0.4) is 0 Å². The van der Waals surface area contributed by atoms with Gasteiger partial charge in [0.2, 0.25) is 0 Å². The van der Waals surface area contributed by atoms with Crippen molar-refractivity contribution in [3.05, 3.63) is 53.1 Å². The number of aryl methyl sites for hydroxylation is 1. The molecule has 0 bridgehead atoms. The van der Waals surface area contributed by atoms with Gasteiger partial charge in [0.05, 0.1) is 30.1 Å². The van der Waals surface area contributed by atoms with E-state index in [0.717, 1.165) is 30.4 Å². The number of nitrogens with zero attached hydrogens (tertiary/aromatic N) is 3. The average molecular weight is 478 g/mol. The number of anilines is 2. The Morgan fingerprint density at radius 2 is 2.03 bits per heavy atom. The van der Waals surface area contributed by atoms with E-state index in [1.165, 1.54) is 6.21 Å². The first-order chi connectivity index (χ1) is 16.9. The molecule has 184 valence electrons. The highest BCUT2D eigenvalue weighted by molar-refractivity contribution is 6.14. The topological polar surface area (TPSA) is 122 Å². The first-order valence-electron chi connectivity index (χ1n) is 11.6. The maximum absolute atomic E-state index is 13.6. The second-order valence-corrected chi connectivity index (χ2v) is 8.71. The monoisotopic (exact) mass is 477 g/mol. The second-order valence-electron chi connectivity index (χ2n) is 8.71. The second kappa shape index (κ2) is 10.6. The van der Waals surface area contributed by atoms with E-state index >= 15 is 0 Å². The van der Waals surface area contributed by atoms with Gasteiger partial charge in [-0.25, -0.2) is 0 Å². The summed E-state index contributed by atoms with van der Waals surface area (Å²) < 4.78 is 5.24. The molecule has 4 rings (SSSR count). The molecule has 0 saturated carbocycles. The molecule has 2 aliphatic heterocycles. The summed E-state index contributed by atoms with van der Waals surface area (Å²) in [5, 5.41) is 17.5. The van der Waals surface area contributed by atoms with E-state index in [0.29, 0.717) is 35.7 Å². The van der Waals surface area contributed by atoms with Crippen LogP contribution >= 0.6 is 0 Å². The molecule has 0 radical (unpaired) electrons. The van der Waals surface area contributed by atoms with Gasteiger partial charge in [0, 0.05) is 37.6 Å². The van der Waals surface area contributed by atoms with Crippen LogP contribution < -0.4 is 20.8 Å². The smallest absolute Gasteiger partial charge is 0.256 e. The number of amides is 2. The molecule has 4 N–H and O–H groups in total. The predicted octanol–water partition coefficient (Wildman–Crippen LogP) is 2.73. The number of hydrazone groups is 1. The van der Waals surface area contributed by atoms with Crippen molar-refractivity contribution >= 4 is 35.6 Å². The lowest BCUT2D eigenvalue weighted by molar-refractivity contribution is 0.0694. The molecule has 0 aliphatic carbocycles. The first-order valence-corrected chi connectivity index (χ1v) is 11.6. The summed E-state index contributed by atoms with van der Waals surface area (Å²) >= 11 is 0. The minimum atomic E-state index is -0.364. The summed E-state index contributed by atoms with van der Waals surface area (Å²) in [6.45, 7) is 5.82. The SMILES string of the molecule is COc1ccc2c(c1)C(=O)NC(N1CCC(C)N(C(=O)c3cc(C)ccc3N/N=C\C=N)CC1)N2. The third-order valence-corrected chi connectivity index (χ3v) is 6.39. The molecule has 2 atom stereocenters. The summed E-state index contributed by atoms with van der Waals surface area (Å²) in [7, 11) is 1.57. The van der Waals surface area contributed by atoms with E-state index in [1.54, 1.807) is 13.2 Å². The molecule has 10 nitrogen and oxygen atoms in total. The van der Waals surface area contributed by atoms with Gasteiger partial charge in [0.15, 0.2) is 6.29 Å². The van der Waals surface area contributed by atoms with Crippen LogP contribution in [-0.2, 0) is 0 Å². The summed E-state index contributed by atoms with van der Waals surface area (Å²) in [6, 6.07) is 11.0. The first kappa shape index (κ1) is 24.2. The van der Waals surface area contributed by atoms with Crippen LogP contribution in [0.2, 0.25) is 0 Å². The van der Waals surface area contributed by atoms with Crippen molar-refractivity contribution in [2.45, 2.75) is 32.6 Å². The third kappa shape index (κ3) is 5.27. The summed E-state index contributed by atoms with van der Waals surface area (Å²) in [4.78, 5) is 30.4. The zero-order chi connectivity index (χ0) is 24.9. The Morgan fingerprint density at radius 1 is 1.20 bits per heavy atom. The fraction of sp³-hybridized carbons (Fsp3) is 0.360. The van der Waals surface area contributed by atoms with E-state index in [4.69, 9.17) is 10.1 Å². The van der Waals surface area contributed by atoms with Crippen LogP contribution in [0, 0.1) is 12.3 Å². The molecule has 0 aromatic heterocycles. The lowest BCUT2D eigenvalue weighted by Gasteiger charge is -2.36. The number of hydrogen-bond donors (Lipinski definition) is 4. The van der Waals surface area contributed by atoms with Gasteiger partial charge in [-0.1, -0.05) is 11.6 Å². The quantitative estimate of drug-likeness (QED) is 0.375. The molecule has 1 fully saturated rings. The number of carbonyl (C=O) groups is 2. The van der Waals surface area contributed by atoms with Crippen LogP contribution in [0.1, 0.15) is 39.6 Å². The van der Waals surface area contributed by atoms with Crippen molar-refractivity contribution in [2.24, 2.45) is 5.10 Å². The summed E-state index contributed by atoms with van der Waals surface area (Å²) in [6.07, 6.45) is 2.79. The van der Waals surface area contributed by atoms with Crippen molar-refractivity contribution in [1.29, 1.82) is 5.41 Å². The molecular weight excluding hydrogens is 446 g/mol. The molecule has 1 saturated heterocycles. The van der Waals surface area contributed by atoms with Gasteiger partial charge in [-0.05, 0) is 50.6 Å². The van der Waals surface area contributed by atoms with E-state index in [-0.39, 0.29) is 24.1 Å². The van der Waals surface area contributed by atoms with E-state index in [9.17, 15) is 9.59 Å². The highest BCUT2D eigenvalue weighted by atomic mass is 16.5. The van der Waals surface area contributed by atoms with Gasteiger partial charge >= 0.3 is 0 Å². The number of methoxy groups -OCH3 is 1. The molecule has 2 amide bonds. The normalized spacial score (nSPS) is 20.4. The molecule has 0 spiro atoms. The largest absolute Gasteiger partial charge is 0.497 e. The van der Waals surface area contributed by atoms with Gasteiger partial charge in [-0.3, -0.25) is 19.9 Å². The molecular formula is C25H31N7O3. The fourth-order valence-electron chi connectivity index (χ4n) is 4.40. The van der Waals surface area contributed by atoms with Gasteiger partial charge in [0.25, 0.3) is 11.8 Å². The molecule has 2 unspecified atom stereocenters. The van der Waals surface area contributed by atoms with Gasteiger partial charge < -0.3 is 25.7 Å². The summed E-state index contributed by atoms with van der Waals surface area (Å²) in [5.41, 5.74) is 6.28. The van der Waals surface area contributed by atoms with Crippen molar-refractivity contribution in [2.75, 3.05) is 37.5 Å². The van der Waals surface area contributed by atoms with Gasteiger partial charge in [-0.2, -0.15) is 5.10 Å². The number of hydrogen-bond acceptors (Lipinski definition) is 8. The zero-order valence-corrected chi connectivity index (χ0v) is 20.2. The molecule has 2 heterocycles. The lowest BCUT2D eigenvalue weighted by atomic mass is 10.1. The molecule has 2 aromatic rings. The van der Waals surface area contributed by atoms with Crippen molar-refractivity contribution in [3.8, 4) is 5.75 Å². The van der Waals surface area contributed by atoms with Crippen LogP contribution in [0.4, 0.5) is 11.4 Å². The van der Waals surface area contributed by atoms with Crippen molar-refractivity contribution in [3.63, 3.8) is 0 Å². The number of fused-ring (bicyclic) bond motifs is 1. The number of rotatable bonds is 6. The molecule has 35 heavy (non-hydrogen) atoms. The average Bonchev–Trinajstić information content (AvgIpc) is 3.06. The Hall–Kier alpha value is -3.92. The van der Waals surface area contributed by atoms with Crippen LogP contribution in [-0.4, -0.2) is 73.1 Å². The highest BCUT2D eigenvalue weighted by Crippen LogP contribution is 2.27. The number of ether oxygens (including phenoxy) is 1. The lowest BCUT2D eigenvalue weighted by Crippen LogP contribution is -2.56. The number of carbonyl (C=O) groups excluding carboxylic acids is 2. The Kier molecular flexibility index (Phi) is 7.31. The minimum Gasteiger partial charge on any atom is -0.497 e. The van der Waals surface area contributed by atoms with E-state index in [2.05, 4.69) is 26.1 Å². The fourth-order valence-corrected chi connectivity index (χ4v) is 4.40. The van der Waals surface area contributed by atoms with Crippen molar-refractivity contribution < 1.29 is 14.3 Å². The maximum atomic E-state index is 13.6. The van der Waals surface area contributed by atoms with Crippen LogP contribution in [0.15, 0.2) is 41.5 Å². The van der Waals surface area contributed by atoms with Gasteiger partial charge in [0.1, 0.15) is 5.75 Å². The third-order valence-electron chi connectivity index (χ3n) is 6.39. The number of nitrogens with one attached hydrogen (secondary N) is 4. The van der Waals surface area contributed by atoms with Crippen LogP contribution in [0.25, 0.3) is 0 Å². The standard InChI is InChI=1S/C25H31N7O3/c1-16-4-6-22(30-27-10-9-26)20(14-16)24(34)32-13-12-31(11-8-17(32)2)25-28-21-7-5-18(35-3)15-19(21)23(33)29-25/h4-7,9-10,14-15,17,25-26,28,30H,8,11-13H2,1-3H3,(H,29,33)/b26-9?,27-10-. The summed E-state index contributed by atoms with van der Waals surface area (Å²) in [5.74, 6) is 0.396. The number of benzene rings is 2. The van der Waals surface area contributed by atoms with Crippen LogP contribution in [0.5, 0.6) is 5.75 Å². The Bertz CT molecular complexity index is 1150. The molecule has 10 heteroatoms. The Balaban J connectivity index is 1.49. The molecule has 2 aliphatic rings. The Labute approximate surface area is 204 Å². The highest BCUT2D eigenvalue weighted by Gasteiger charge is 2.33. The maximum Gasteiger partial charge on any atom is 0.256 e. The zero-order valence-electron chi connectivity index (χ0n) is 20.2. The Morgan fingerprint density at radius 3 is 2.80 bits per heavy atom.